The number of carbonyl (C=O) groups excluding carboxylic acids is 1. The van der Waals surface area contributed by atoms with Gasteiger partial charge in [0.25, 0.3) is 0 Å². The lowest BCUT2D eigenvalue weighted by Gasteiger charge is -2.26. The lowest BCUT2D eigenvalue weighted by molar-refractivity contribution is -0.870. The van der Waals surface area contributed by atoms with E-state index >= 15 is 0 Å². The largest absolute Gasteiger partial charge is 0.472 e. The number of quaternary nitrogens is 1. The fourth-order valence-corrected chi connectivity index (χ4v) is 8.65. The lowest BCUT2D eigenvalue weighted by Crippen LogP contribution is -2.46. The van der Waals surface area contributed by atoms with E-state index in [1.54, 1.807) is 0 Å². The van der Waals surface area contributed by atoms with Crippen LogP contribution in [-0.4, -0.2) is 73.4 Å². The van der Waals surface area contributed by atoms with Gasteiger partial charge in [-0.1, -0.05) is 256 Å². The molecule has 0 aromatic carbocycles. The van der Waals surface area contributed by atoms with E-state index in [2.05, 4.69) is 165 Å². The highest BCUT2D eigenvalue weighted by atomic mass is 31.2. The number of likely N-dealkylation sites (N-methyl/N-ethyl adjacent to an activating group) is 1. The van der Waals surface area contributed by atoms with Crippen LogP contribution in [0.3, 0.4) is 0 Å². The van der Waals surface area contributed by atoms with Crippen molar-refractivity contribution in [1.29, 1.82) is 0 Å². The monoisotopic (exact) mass is 1070 g/mol. The predicted molar refractivity (Wildman–Crippen MR) is 331 cm³/mol. The Morgan fingerprint density at radius 2 is 0.789 bits per heavy atom. The molecule has 0 aromatic heterocycles. The first-order chi connectivity index (χ1) is 37.0. The van der Waals surface area contributed by atoms with Crippen molar-refractivity contribution >= 4 is 13.7 Å². The summed E-state index contributed by atoms with van der Waals surface area (Å²) in [6.45, 7) is 4.72. The van der Waals surface area contributed by atoms with Crippen LogP contribution in [0.25, 0.3) is 0 Å². The molecule has 76 heavy (non-hydrogen) atoms. The van der Waals surface area contributed by atoms with Crippen LogP contribution in [0.4, 0.5) is 0 Å². The van der Waals surface area contributed by atoms with Crippen molar-refractivity contribution < 1.29 is 32.9 Å². The van der Waals surface area contributed by atoms with E-state index in [-0.39, 0.29) is 19.1 Å². The minimum Gasteiger partial charge on any atom is -0.391 e. The average Bonchev–Trinajstić information content (AvgIpc) is 3.38. The normalized spacial score (nSPS) is 14.9. The van der Waals surface area contributed by atoms with Crippen molar-refractivity contribution in [3.8, 4) is 0 Å². The van der Waals surface area contributed by atoms with Crippen LogP contribution in [0.2, 0.25) is 0 Å². The van der Waals surface area contributed by atoms with Gasteiger partial charge in [-0.3, -0.25) is 13.8 Å². The van der Waals surface area contributed by atoms with E-state index in [1.807, 2.05) is 21.1 Å². The molecule has 0 rings (SSSR count). The smallest absolute Gasteiger partial charge is 0.391 e. The zero-order valence-electron chi connectivity index (χ0n) is 49.2. The fourth-order valence-electron chi connectivity index (χ4n) is 7.91. The summed E-state index contributed by atoms with van der Waals surface area (Å²) >= 11 is 0. The number of phosphoric ester groups is 1. The molecule has 0 aliphatic heterocycles. The van der Waals surface area contributed by atoms with Gasteiger partial charge in [0.2, 0.25) is 5.91 Å². The number of carbonyl (C=O) groups is 1. The number of phosphoric acid groups is 1. The molecule has 0 fully saturated rings. The first-order valence-electron chi connectivity index (χ1n) is 30.2. The Hall–Kier alpha value is -3.62. The molecule has 0 bridgehead atoms. The molecule has 0 aromatic rings. The van der Waals surface area contributed by atoms with Crippen LogP contribution >= 0.6 is 7.82 Å². The highest BCUT2D eigenvalue weighted by molar-refractivity contribution is 7.47. The van der Waals surface area contributed by atoms with Gasteiger partial charge in [0.1, 0.15) is 13.2 Å². The molecule has 0 heterocycles. The minimum atomic E-state index is -4.34. The Bertz CT molecular complexity index is 1740. The van der Waals surface area contributed by atoms with Gasteiger partial charge >= 0.3 is 7.82 Å². The van der Waals surface area contributed by atoms with Gasteiger partial charge in [0.15, 0.2) is 0 Å². The van der Waals surface area contributed by atoms with Gasteiger partial charge < -0.3 is 19.8 Å². The zero-order valence-corrected chi connectivity index (χ0v) is 50.1. The summed E-state index contributed by atoms with van der Waals surface area (Å²) in [6, 6.07) is -0.795. The van der Waals surface area contributed by atoms with Crippen LogP contribution in [-0.2, 0) is 18.4 Å². The summed E-state index contributed by atoms with van der Waals surface area (Å²) in [7, 11) is 1.57. The molecular weight excluding hydrogens is 960 g/mol. The number of amides is 1. The van der Waals surface area contributed by atoms with Crippen molar-refractivity contribution in [1.82, 2.24) is 5.32 Å². The molecule has 0 radical (unpaired) electrons. The standard InChI is InChI=1S/C67H113N2O6P/c1-6-8-10-12-14-16-18-20-22-23-24-25-26-27-28-29-30-31-32-33-34-35-36-37-38-39-40-41-42-43-44-45-47-49-51-53-55-57-59-61-67(71)68-65(64-75-76(72,73)74-63-62-69(3,4)5)66(70)60-58-56-54-52-50-48-46-21-19-17-15-13-11-9-7-2/h8,10,14,16,20,22,24-25,27-28,30-31,33-34,36-37,39-40,42-43,45,47,51,53,65-66,70H,6-7,9,11-13,15,17-19,21,23,26,29,32,35,38,41,44,46,48-50,52,54-64H2,1-5H3,(H-,68,71,72,73)/p+1/b10-8-,16-14-,22-20-,25-24-,28-27-,31-30-,34-33-,37-36-,40-39-,43-42-,47-45-,53-51-. The topological polar surface area (TPSA) is 105 Å². The summed E-state index contributed by atoms with van der Waals surface area (Å²) in [4.78, 5) is 23.3. The third kappa shape index (κ3) is 58.1. The summed E-state index contributed by atoms with van der Waals surface area (Å²) in [6.07, 6.45) is 86.3. The van der Waals surface area contributed by atoms with E-state index in [4.69, 9.17) is 9.05 Å². The third-order valence-electron chi connectivity index (χ3n) is 12.6. The van der Waals surface area contributed by atoms with Gasteiger partial charge in [-0.05, 0) is 103 Å². The zero-order chi connectivity index (χ0) is 55.6. The van der Waals surface area contributed by atoms with Crippen LogP contribution in [0, 0.1) is 0 Å². The van der Waals surface area contributed by atoms with Gasteiger partial charge in [-0.25, -0.2) is 4.57 Å². The van der Waals surface area contributed by atoms with Gasteiger partial charge in [0.05, 0.1) is 39.9 Å². The molecule has 9 heteroatoms. The number of nitrogens with one attached hydrogen (secondary N) is 1. The van der Waals surface area contributed by atoms with Crippen LogP contribution in [0.15, 0.2) is 146 Å². The molecular formula is C67H114N2O6P+. The number of hydrogen-bond donors (Lipinski definition) is 3. The maximum Gasteiger partial charge on any atom is 0.472 e. The van der Waals surface area contributed by atoms with Gasteiger partial charge in [-0.15, -0.1) is 0 Å². The first kappa shape index (κ1) is 72.4. The Labute approximate surface area is 468 Å². The molecule has 432 valence electrons. The van der Waals surface area contributed by atoms with Crippen LogP contribution in [0.1, 0.15) is 219 Å². The number of aliphatic hydroxyl groups excluding tert-OH is 1. The second-order valence-corrected chi connectivity index (χ2v) is 22.4. The van der Waals surface area contributed by atoms with E-state index < -0.39 is 20.0 Å². The minimum absolute atomic E-state index is 0.0584. The highest BCUT2D eigenvalue weighted by Crippen LogP contribution is 2.43. The number of allylic oxidation sites excluding steroid dienone is 24. The van der Waals surface area contributed by atoms with Crippen molar-refractivity contribution in [2.75, 3.05) is 40.9 Å². The van der Waals surface area contributed by atoms with Gasteiger partial charge in [0, 0.05) is 6.42 Å². The molecule has 8 nitrogen and oxygen atoms in total. The molecule has 3 unspecified atom stereocenters. The molecule has 1 amide bonds. The molecule has 0 aliphatic carbocycles. The second kappa shape index (κ2) is 56.1. The number of unbranched alkanes of at least 4 members (excludes halogenated alkanes) is 16. The summed E-state index contributed by atoms with van der Waals surface area (Å²) < 4.78 is 23.7. The highest BCUT2D eigenvalue weighted by Gasteiger charge is 2.28. The summed E-state index contributed by atoms with van der Waals surface area (Å²) in [5, 5.41) is 14.0. The van der Waals surface area contributed by atoms with Crippen LogP contribution < -0.4 is 5.32 Å². The number of hydrogen-bond acceptors (Lipinski definition) is 5. The van der Waals surface area contributed by atoms with E-state index in [0.717, 1.165) is 109 Å². The first-order valence-corrected chi connectivity index (χ1v) is 31.7. The third-order valence-corrected chi connectivity index (χ3v) is 13.6. The fraction of sp³-hybridized carbons (Fsp3) is 0.627. The molecule has 0 aliphatic rings. The average molecular weight is 1070 g/mol. The summed E-state index contributed by atoms with van der Waals surface area (Å²) in [5.41, 5.74) is 0. The van der Waals surface area contributed by atoms with E-state index in [1.165, 1.54) is 77.0 Å². The predicted octanol–water partition coefficient (Wildman–Crippen LogP) is 18.9. The van der Waals surface area contributed by atoms with Crippen LogP contribution in [0.5, 0.6) is 0 Å². The molecule has 0 saturated heterocycles. The molecule has 0 saturated carbocycles. The lowest BCUT2D eigenvalue weighted by atomic mass is 10.0. The molecule has 3 N–H and O–H groups in total. The quantitative estimate of drug-likeness (QED) is 0.0243. The van der Waals surface area contributed by atoms with Gasteiger partial charge in [-0.2, -0.15) is 0 Å². The number of aliphatic hydroxyl groups is 1. The van der Waals surface area contributed by atoms with Crippen molar-refractivity contribution in [2.24, 2.45) is 0 Å². The van der Waals surface area contributed by atoms with E-state index in [9.17, 15) is 19.4 Å². The summed E-state index contributed by atoms with van der Waals surface area (Å²) in [5.74, 6) is -0.192. The Kier molecular flexibility index (Phi) is 53.4. The number of rotatable bonds is 53. The second-order valence-electron chi connectivity index (χ2n) is 21.0. The maximum atomic E-state index is 13.0. The SMILES string of the molecule is CC/C=C\C/C=C\C/C=C\C/C=C\C/C=C\C/C=C\C/C=C\C/C=C\C/C=C\C/C=C\C/C=C\C/C=C\CCCCC(=O)NC(COP(=O)(O)OCC[N+](C)(C)C)C(O)CCCCCCCCCCCCCCCCC. The number of nitrogens with zero attached hydrogens (tertiary/aromatic N) is 1. The Balaban J connectivity index is 4.24. The molecule has 0 spiro atoms. The van der Waals surface area contributed by atoms with Crippen molar-refractivity contribution in [3.63, 3.8) is 0 Å². The molecule has 3 atom stereocenters. The Morgan fingerprint density at radius 1 is 0.461 bits per heavy atom. The Morgan fingerprint density at radius 3 is 1.13 bits per heavy atom. The van der Waals surface area contributed by atoms with Crippen molar-refractivity contribution in [3.05, 3.63) is 146 Å². The maximum absolute atomic E-state index is 13.0. The van der Waals surface area contributed by atoms with Crippen molar-refractivity contribution in [2.45, 2.75) is 231 Å². The van der Waals surface area contributed by atoms with E-state index in [0.29, 0.717) is 30.3 Å².